The van der Waals surface area contributed by atoms with Gasteiger partial charge in [0.25, 0.3) is 0 Å². The summed E-state index contributed by atoms with van der Waals surface area (Å²) < 4.78 is 5.32. The Bertz CT molecular complexity index is 441. The molecule has 0 aliphatic heterocycles. The van der Waals surface area contributed by atoms with Crippen molar-refractivity contribution < 1.29 is 4.74 Å². The second-order valence-corrected chi connectivity index (χ2v) is 5.30. The molecule has 2 rings (SSSR count). The van der Waals surface area contributed by atoms with Gasteiger partial charge in [0.1, 0.15) is 0 Å². The van der Waals surface area contributed by atoms with E-state index in [2.05, 4.69) is 54.0 Å². The van der Waals surface area contributed by atoms with E-state index in [1.165, 1.54) is 10.4 Å². The first kappa shape index (κ1) is 13.3. The minimum atomic E-state index is 0.230. The SMILES string of the molecule is COCC(N[C@@H](C)c1cccs1)c1ccccc1. The van der Waals surface area contributed by atoms with Crippen molar-refractivity contribution in [2.24, 2.45) is 0 Å². The van der Waals surface area contributed by atoms with Crippen LogP contribution in [-0.4, -0.2) is 13.7 Å². The monoisotopic (exact) mass is 261 g/mol. The fourth-order valence-corrected chi connectivity index (χ4v) is 2.76. The van der Waals surface area contributed by atoms with Crippen LogP contribution >= 0.6 is 11.3 Å². The third-order valence-corrected chi connectivity index (χ3v) is 4.01. The van der Waals surface area contributed by atoms with E-state index in [-0.39, 0.29) is 6.04 Å². The number of benzene rings is 1. The molecule has 0 spiro atoms. The minimum absolute atomic E-state index is 0.230. The average Bonchev–Trinajstić information content (AvgIpc) is 2.93. The Morgan fingerprint density at radius 2 is 1.94 bits per heavy atom. The summed E-state index contributed by atoms with van der Waals surface area (Å²) in [7, 11) is 1.74. The van der Waals surface area contributed by atoms with Crippen LogP contribution in [0, 0.1) is 0 Å². The lowest BCUT2D eigenvalue weighted by molar-refractivity contribution is 0.162. The molecule has 96 valence electrons. The zero-order chi connectivity index (χ0) is 12.8. The summed E-state index contributed by atoms with van der Waals surface area (Å²) in [5, 5.41) is 5.73. The van der Waals surface area contributed by atoms with Gasteiger partial charge in [-0.1, -0.05) is 36.4 Å². The fourth-order valence-electron chi connectivity index (χ4n) is 2.01. The molecule has 0 aliphatic rings. The van der Waals surface area contributed by atoms with E-state index < -0.39 is 0 Å². The molecule has 1 aromatic carbocycles. The maximum absolute atomic E-state index is 5.32. The Labute approximate surface area is 113 Å². The Balaban J connectivity index is 2.07. The quantitative estimate of drug-likeness (QED) is 0.854. The van der Waals surface area contributed by atoms with E-state index in [0.29, 0.717) is 12.6 Å². The number of ether oxygens (including phenoxy) is 1. The van der Waals surface area contributed by atoms with Crippen LogP contribution in [-0.2, 0) is 4.74 Å². The molecule has 0 saturated heterocycles. The molecule has 2 aromatic rings. The number of methoxy groups -OCH3 is 1. The van der Waals surface area contributed by atoms with Crippen LogP contribution in [0.15, 0.2) is 47.8 Å². The van der Waals surface area contributed by atoms with Crippen LogP contribution in [0.3, 0.4) is 0 Å². The third-order valence-electron chi connectivity index (χ3n) is 2.96. The molecule has 0 bridgehead atoms. The molecular weight excluding hydrogens is 242 g/mol. The van der Waals surface area contributed by atoms with Gasteiger partial charge in [0, 0.05) is 18.0 Å². The van der Waals surface area contributed by atoms with Crippen LogP contribution in [0.2, 0.25) is 0 Å². The summed E-state index contributed by atoms with van der Waals surface area (Å²) in [5.74, 6) is 0. The van der Waals surface area contributed by atoms with E-state index in [1.807, 2.05) is 6.07 Å². The van der Waals surface area contributed by atoms with Crippen molar-refractivity contribution in [1.82, 2.24) is 5.32 Å². The summed E-state index contributed by atoms with van der Waals surface area (Å²) >= 11 is 1.78. The van der Waals surface area contributed by atoms with Gasteiger partial charge in [-0.05, 0) is 23.9 Å². The van der Waals surface area contributed by atoms with E-state index in [9.17, 15) is 0 Å². The maximum Gasteiger partial charge on any atom is 0.0657 e. The summed E-state index contributed by atoms with van der Waals surface area (Å²) in [6.45, 7) is 2.87. The molecule has 0 saturated carbocycles. The second-order valence-electron chi connectivity index (χ2n) is 4.32. The summed E-state index contributed by atoms with van der Waals surface area (Å²) in [4.78, 5) is 1.35. The number of thiophene rings is 1. The highest BCUT2D eigenvalue weighted by molar-refractivity contribution is 7.10. The molecule has 0 aliphatic carbocycles. The highest BCUT2D eigenvalue weighted by Gasteiger charge is 2.15. The predicted octanol–water partition coefficient (Wildman–Crippen LogP) is 3.79. The zero-order valence-electron chi connectivity index (χ0n) is 10.8. The van der Waals surface area contributed by atoms with E-state index in [1.54, 1.807) is 18.4 Å². The molecule has 18 heavy (non-hydrogen) atoms. The zero-order valence-corrected chi connectivity index (χ0v) is 11.6. The summed E-state index contributed by atoms with van der Waals surface area (Å²) in [5.41, 5.74) is 1.27. The molecule has 1 N–H and O–H groups in total. The van der Waals surface area contributed by atoms with Crippen LogP contribution in [0.5, 0.6) is 0 Å². The lowest BCUT2D eigenvalue weighted by atomic mass is 10.1. The second kappa shape index (κ2) is 6.69. The smallest absolute Gasteiger partial charge is 0.0657 e. The normalized spacial score (nSPS) is 14.3. The van der Waals surface area contributed by atoms with Crippen LogP contribution < -0.4 is 5.32 Å². The number of nitrogens with one attached hydrogen (secondary N) is 1. The van der Waals surface area contributed by atoms with Gasteiger partial charge >= 0.3 is 0 Å². The largest absolute Gasteiger partial charge is 0.383 e. The van der Waals surface area contributed by atoms with Gasteiger partial charge in [0.05, 0.1) is 12.6 Å². The molecule has 0 amide bonds. The molecule has 2 nitrogen and oxygen atoms in total. The average molecular weight is 261 g/mol. The first-order valence-corrected chi connectivity index (χ1v) is 7.02. The van der Waals surface area contributed by atoms with Gasteiger partial charge in [-0.3, -0.25) is 0 Å². The van der Waals surface area contributed by atoms with Crippen molar-refractivity contribution in [3.8, 4) is 0 Å². The first-order chi connectivity index (χ1) is 8.81. The molecule has 1 unspecified atom stereocenters. The Morgan fingerprint density at radius 3 is 2.56 bits per heavy atom. The van der Waals surface area contributed by atoms with Gasteiger partial charge in [0.2, 0.25) is 0 Å². The van der Waals surface area contributed by atoms with E-state index in [4.69, 9.17) is 4.74 Å². The highest BCUT2D eigenvalue weighted by Crippen LogP contribution is 2.23. The summed E-state index contributed by atoms with van der Waals surface area (Å²) in [6, 6.07) is 15.3. The van der Waals surface area contributed by atoms with Gasteiger partial charge in [-0.25, -0.2) is 0 Å². The maximum atomic E-state index is 5.32. The summed E-state index contributed by atoms with van der Waals surface area (Å²) in [6.07, 6.45) is 0. The standard InChI is InChI=1S/C15H19NOS/c1-12(15-9-6-10-18-15)16-14(11-17-2)13-7-4-3-5-8-13/h3-10,12,14,16H,11H2,1-2H3/t12-,14?/m0/s1. The van der Waals surface area contributed by atoms with Crippen molar-refractivity contribution in [3.63, 3.8) is 0 Å². The van der Waals surface area contributed by atoms with Crippen LogP contribution in [0.25, 0.3) is 0 Å². The molecular formula is C15H19NOS. The Kier molecular flexibility index (Phi) is 4.93. The molecule has 2 atom stereocenters. The van der Waals surface area contributed by atoms with Gasteiger partial charge in [-0.15, -0.1) is 11.3 Å². The third kappa shape index (κ3) is 3.42. The number of hydrogen-bond acceptors (Lipinski definition) is 3. The van der Waals surface area contributed by atoms with Crippen LogP contribution in [0.1, 0.15) is 29.4 Å². The highest BCUT2D eigenvalue weighted by atomic mass is 32.1. The lowest BCUT2D eigenvalue weighted by Gasteiger charge is -2.22. The molecule has 1 heterocycles. The topological polar surface area (TPSA) is 21.3 Å². The first-order valence-electron chi connectivity index (χ1n) is 6.14. The van der Waals surface area contributed by atoms with Gasteiger partial charge < -0.3 is 10.1 Å². The van der Waals surface area contributed by atoms with Gasteiger partial charge in [-0.2, -0.15) is 0 Å². The van der Waals surface area contributed by atoms with Crippen molar-refractivity contribution in [2.75, 3.05) is 13.7 Å². The van der Waals surface area contributed by atoms with Crippen molar-refractivity contribution >= 4 is 11.3 Å². The molecule has 3 heteroatoms. The van der Waals surface area contributed by atoms with E-state index >= 15 is 0 Å². The van der Waals surface area contributed by atoms with Crippen molar-refractivity contribution in [2.45, 2.75) is 19.0 Å². The minimum Gasteiger partial charge on any atom is -0.383 e. The lowest BCUT2D eigenvalue weighted by Crippen LogP contribution is -2.27. The van der Waals surface area contributed by atoms with E-state index in [0.717, 1.165) is 0 Å². The van der Waals surface area contributed by atoms with Crippen molar-refractivity contribution in [3.05, 3.63) is 58.3 Å². The number of hydrogen-bond donors (Lipinski definition) is 1. The Morgan fingerprint density at radius 1 is 1.17 bits per heavy atom. The predicted molar refractivity (Wildman–Crippen MR) is 76.9 cm³/mol. The van der Waals surface area contributed by atoms with Gasteiger partial charge in [0.15, 0.2) is 0 Å². The number of rotatable bonds is 6. The molecule has 1 aromatic heterocycles. The molecule has 0 fully saturated rings. The van der Waals surface area contributed by atoms with Crippen molar-refractivity contribution in [1.29, 1.82) is 0 Å². The molecule has 0 radical (unpaired) electrons. The fraction of sp³-hybridized carbons (Fsp3) is 0.333. The Hall–Kier alpha value is -1.16. The van der Waals surface area contributed by atoms with Crippen LogP contribution in [0.4, 0.5) is 0 Å².